The van der Waals surface area contributed by atoms with E-state index in [0.29, 0.717) is 18.1 Å². The lowest BCUT2D eigenvalue weighted by Gasteiger charge is -2.07. The van der Waals surface area contributed by atoms with E-state index in [4.69, 9.17) is 0 Å². The summed E-state index contributed by atoms with van der Waals surface area (Å²) in [4.78, 5) is 39.5. The number of nitrogens with zero attached hydrogens (tertiary/aromatic N) is 1. The minimum atomic E-state index is -0.464. The number of anilines is 1. The van der Waals surface area contributed by atoms with Crippen molar-refractivity contribution in [2.24, 2.45) is 4.99 Å². The molecule has 0 aromatic heterocycles. The summed E-state index contributed by atoms with van der Waals surface area (Å²) in [6.07, 6.45) is 2.97. The summed E-state index contributed by atoms with van der Waals surface area (Å²) in [6, 6.07) is 7.51. The summed E-state index contributed by atoms with van der Waals surface area (Å²) in [5.41, 5.74) is 1.83. The second-order valence-corrected chi connectivity index (χ2v) is 7.48. The summed E-state index contributed by atoms with van der Waals surface area (Å²) in [5, 5.41) is 5.61. The Balaban J connectivity index is 1.70. The number of benzene rings is 1. The van der Waals surface area contributed by atoms with E-state index in [2.05, 4.69) is 20.4 Å². The zero-order chi connectivity index (χ0) is 19.6. The SMILES string of the molecule is COC(=O)CCCCCN=C1NC(=O)[C@H](CC(=O)Nc2ccc(C)cc2)S1. The summed E-state index contributed by atoms with van der Waals surface area (Å²) < 4.78 is 4.59. The molecule has 1 aromatic rings. The number of nitrogens with one attached hydrogen (secondary N) is 2. The molecular formula is C19H25N3O4S. The number of methoxy groups -OCH3 is 1. The van der Waals surface area contributed by atoms with Gasteiger partial charge in [-0.1, -0.05) is 35.9 Å². The van der Waals surface area contributed by atoms with Crippen LogP contribution in [0.3, 0.4) is 0 Å². The van der Waals surface area contributed by atoms with Gasteiger partial charge in [-0.05, 0) is 31.9 Å². The Morgan fingerprint density at radius 1 is 1.22 bits per heavy atom. The molecule has 27 heavy (non-hydrogen) atoms. The number of hydrogen-bond acceptors (Lipinski definition) is 6. The molecule has 0 spiro atoms. The summed E-state index contributed by atoms with van der Waals surface area (Å²) >= 11 is 1.29. The van der Waals surface area contributed by atoms with Gasteiger partial charge in [0, 0.05) is 25.1 Å². The van der Waals surface area contributed by atoms with E-state index < -0.39 is 5.25 Å². The maximum absolute atomic E-state index is 12.1. The van der Waals surface area contributed by atoms with Crippen LogP contribution >= 0.6 is 11.8 Å². The highest BCUT2D eigenvalue weighted by Crippen LogP contribution is 2.23. The average molecular weight is 391 g/mol. The molecule has 1 fully saturated rings. The molecule has 8 heteroatoms. The van der Waals surface area contributed by atoms with Gasteiger partial charge in [0.2, 0.25) is 11.8 Å². The number of aryl methyl sites for hydroxylation is 1. The monoisotopic (exact) mass is 391 g/mol. The molecule has 1 saturated heterocycles. The highest BCUT2D eigenvalue weighted by atomic mass is 32.2. The van der Waals surface area contributed by atoms with Gasteiger partial charge in [0.15, 0.2) is 5.17 Å². The van der Waals surface area contributed by atoms with Gasteiger partial charge in [0.25, 0.3) is 0 Å². The van der Waals surface area contributed by atoms with Crippen molar-refractivity contribution in [3.8, 4) is 0 Å². The molecule has 2 rings (SSSR count). The lowest BCUT2D eigenvalue weighted by Crippen LogP contribution is -2.28. The maximum Gasteiger partial charge on any atom is 0.305 e. The fraction of sp³-hybridized carbons (Fsp3) is 0.474. The zero-order valence-corrected chi connectivity index (χ0v) is 16.4. The largest absolute Gasteiger partial charge is 0.469 e. The molecule has 1 atom stereocenters. The van der Waals surface area contributed by atoms with E-state index >= 15 is 0 Å². The first kappa shape index (κ1) is 21.0. The first-order valence-corrected chi connectivity index (χ1v) is 9.81. The molecule has 146 valence electrons. The molecule has 1 aliphatic rings. The number of ether oxygens (including phenoxy) is 1. The average Bonchev–Trinajstić information content (AvgIpc) is 2.99. The Kier molecular flexibility index (Phi) is 8.32. The third-order valence-electron chi connectivity index (χ3n) is 4.00. The second kappa shape index (κ2) is 10.7. The predicted octanol–water partition coefficient (Wildman–Crippen LogP) is 2.64. The first-order valence-electron chi connectivity index (χ1n) is 8.93. The van der Waals surface area contributed by atoms with E-state index in [-0.39, 0.29) is 24.2 Å². The lowest BCUT2D eigenvalue weighted by atomic mass is 10.2. The third kappa shape index (κ3) is 7.42. The van der Waals surface area contributed by atoms with Crippen molar-refractivity contribution >= 4 is 40.4 Å². The van der Waals surface area contributed by atoms with Crippen LogP contribution in [0.4, 0.5) is 5.69 Å². The van der Waals surface area contributed by atoms with Crippen LogP contribution in [0.15, 0.2) is 29.3 Å². The molecule has 1 aromatic carbocycles. The fourth-order valence-electron chi connectivity index (χ4n) is 2.47. The normalized spacial score (nSPS) is 17.6. The number of aliphatic imine (C=N–C) groups is 1. The van der Waals surface area contributed by atoms with Gasteiger partial charge in [-0.15, -0.1) is 0 Å². The minimum absolute atomic E-state index is 0.0997. The van der Waals surface area contributed by atoms with Crippen LogP contribution in [0, 0.1) is 6.92 Å². The van der Waals surface area contributed by atoms with Crippen molar-refractivity contribution in [2.75, 3.05) is 19.0 Å². The number of amides is 2. The lowest BCUT2D eigenvalue weighted by molar-refractivity contribution is -0.140. The van der Waals surface area contributed by atoms with Crippen LogP contribution < -0.4 is 10.6 Å². The Hall–Kier alpha value is -2.35. The van der Waals surface area contributed by atoms with Gasteiger partial charge < -0.3 is 15.4 Å². The van der Waals surface area contributed by atoms with E-state index in [0.717, 1.165) is 30.5 Å². The first-order chi connectivity index (χ1) is 13.0. The number of amidine groups is 1. The quantitative estimate of drug-likeness (QED) is 0.498. The molecule has 2 amide bonds. The standard InChI is InChI=1S/C19H25N3O4S/c1-13-7-9-14(10-8-13)21-16(23)12-15-18(25)22-19(27-15)20-11-5-3-4-6-17(24)26-2/h7-10,15H,3-6,11-12H2,1-2H3,(H,21,23)(H,20,22,25)/t15-/m0/s1. The molecule has 0 aliphatic carbocycles. The number of carbonyl (C=O) groups is 3. The van der Waals surface area contributed by atoms with Crippen molar-refractivity contribution in [3.05, 3.63) is 29.8 Å². The van der Waals surface area contributed by atoms with Crippen LogP contribution in [-0.4, -0.2) is 41.9 Å². The summed E-state index contributed by atoms with van der Waals surface area (Å²) in [7, 11) is 1.38. The predicted molar refractivity (Wildman–Crippen MR) is 107 cm³/mol. The smallest absolute Gasteiger partial charge is 0.305 e. The van der Waals surface area contributed by atoms with E-state index in [1.54, 1.807) is 0 Å². The molecule has 7 nitrogen and oxygen atoms in total. The van der Waals surface area contributed by atoms with Crippen molar-refractivity contribution in [3.63, 3.8) is 0 Å². The Bertz CT molecular complexity index is 703. The number of esters is 1. The number of carbonyl (C=O) groups excluding carboxylic acids is 3. The van der Waals surface area contributed by atoms with Gasteiger partial charge in [-0.3, -0.25) is 19.4 Å². The van der Waals surface area contributed by atoms with Gasteiger partial charge in [-0.2, -0.15) is 0 Å². The summed E-state index contributed by atoms with van der Waals surface area (Å²) in [6.45, 7) is 2.55. The molecule has 0 bridgehead atoms. The fourth-order valence-corrected chi connectivity index (χ4v) is 3.47. The van der Waals surface area contributed by atoms with Gasteiger partial charge >= 0.3 is 5.97 Å². The summed E-state index contributed by atoms with van der Waals surface area (Å²) in [5.74, 6) is -0.592. The van der Waals surface area contributed by atoms with E-state index in [9.17, 15) is 14.4 Å². The number of rotatable bonds is 9. The Morgan fingerprint density at radius 2 is 1.96 bits per heavy atom. The van der Waals surface area contributed by atoms with Crippen molar-refractivity contribution < 1.29 is 19.1 Å². The van der Waals surface area contributed by atoms with Gasteiger partial charge in [0.1, 0.15) is 5.25 Å². The van der Waals surface area contributed by atoms with Crippen LogP contribution in [0.25, 0.3) is 0 Å². The van der Waals surface area contributed by atoms with Crippen LogP contribution in [0.1, 0.15) is 37.7 Å². The Morgan fingerprint density at radius 3 is 2.67 bits per heavy atom. The maximum atomic E-state index is 12.1. The molecule has 1 heterocycles. The van der Waals surface area contributed by atoms with Crippen molar-refractivity contribution in [1.82, 2.24) is 5.32 Å². The van der Waals surface area contributed by atoms with Crippen molar-refractivity contribution in [1.29, 1.82) is 0 Å². The van der Waals surface area contributed by atoms with Crippen LogP contribution in [-0.2, 0) is 19.1 Å². The second-order valence-electron chi connectivity index (χ2n) is 6.29. The molecule has 0 unspecified atom stereocenters. The van der Waals surface area contributed by atoms with E-state index in [1.807, 2.05) is 31.2 Å². The van der Waals surface area contributed by atoms with Crippen LogP contribution in [0.2, 0.25) is 0 Å². The van der Waals surface area contributed by atoms with Gasteiger partial charge in [-0.25, -0.2) is 0 Å². The van der Waals surface area contributed by atoms with Crippen molar-refractivity contribution in [2.45, 2.75) is 44.3 Å². The number of thioether (sulfide) groups is 1. The van der Waals surface area contributed by atoms with Gasteiger partial charge in [0.05, 0.1) is 7.11 Å². The number of hydrogen-bond donors (Lipinski definition) is 2. The molecule has 1 aliphatic heterocycles. The molecule has 2 N–H and O–H groups in total. The highest BCUT2D eigenvalue weighted by molar-refractivity contribution is 8.15. The Labute approximate surface area is 163 Å². The molecule has 0 radical (unpaired) electrons. The zero-order valence-electron chi connectivity index (χ0n) is 15.6. The number of unbranched alkanes of at least 4 members (excludes halogenated alkanes) is 2. The minimum Gasteiger partial charge on any atom is -0.469 e. The van der Waals surface area contributed by atoms with Crippen LogP contribution in [0.5, 0.6) is 0 Å². The molecular weight excluding hydrogens is 366 g/mol. The van der Waals surface area contributed by atoms with E-state index in [1.165, 1.54) is 18.9 Å². The highest BCUT2D eigenvalue weighted by Gasteiger charge is 2.31. The topological polar surface area (TPSA) is 96.9 Å². The third-order valence-corrected chi connectivity index (χ3v) is 5.12. The molecule has 0 saturated carbocycles.